The van der Waals surface area contributed by atoms with Crippen LogP contribution in [0.2, 0.25) is 5.02 Å². The number of hydrogen-bond acceptors (Lipinski definition) is 1. The molecule has 124 valence electrons. The van der Waals surface area contributed by atoms with Crippen molar-refractivity contribution in [1.29, 1.82) is 0 Å². The number of rotatable bonds is 5. The van der Waals surface area contributed by atoms with Crippen molar-refractivity contribution in [3.63, 3.8) is 0 Å². The van der Waals surface area contributed by atoms with Crippen molar-refractivity contribution in [2.24, 2.45) is 7.05 Å². The first-order valence-corrected chi connectivity index (χ1v) is 8.48. The Morgan fingerprint density at radius 1 is 1.17 bits per heavy atom. The van der Waals surface area contributed by atoms with E-state index >= 15 is 0 Å². The lowest BCUT2D eigenvalue weighted by atomic mass is 10.1. The molecule has 0 radical (unpaired) electrons. The van der Waals surface area contributed by atoms with Crippen LogP contribution in [0.3, 0.4) is 0 Å². The molecule has 3 rings (SSSR count). The number of fused-ring (bicyclic) bond motifs is 1. The molecular weight excluding hydrogens is 320 g/mol. The predicted octanol–water partition coefficient (Wildman–Crippen LogP) is 4.04. The lowest BCUT2D eigenvalue weighted by Gasteiger charge is -2.07. The lowest BCUT2D eigenvalue weighted by molar-refractivity contribution is -0.120. The summed E-state index contributed by atoms with van der Waals surface area (Å²) in [6.45, 7) is 2.68. The molecule has 0 aliphatic heterocycles. The highest BCUT2D eigenvalue weighted by molar-refractivity contribution is 6.30. The number of nitrogens with zero attached hydrogens (tertiary/aromatic N) is 1. The number of aromatic nitrogens is 1. The minimum atomic E-state index is 0.0523. The van der Waals surface area contributed by atoms with Gasteiger partial charge in [0.1, 0.15) is 0 Å². The molecule has 1 amide bonds. The average Bonchev–Trinajstić information content (AvgIpc) is 2.80. The Morgan fingerprint density at radius 3 is 2.75 bits per heavy atom. The van der Waals surface area contributed by atoms with E-state index in [2.05, 4.69) is 28.9 Å². The van der Waals surface area contributed by atoms with Crippen LogP contribution >= 0.6 is 11.6 Å². The van der Waals surface area contributed by atoms with E-state index in [-0.39, 0.29) is 5.91 Å². The first-order chi connectivity index (χ1) is 11.6. The van der Waals surface area contributed by atoms with Gasteiger partial charge in [-0.15, -0.1) is 0 Å². The molecule has 24 heavy (non-hydrogen) atoms. The highest BCUT2D eigenvalue weighted by atomic mass is 35.5. The van der Waals surface area contributed by atoms with E-state index in [1.54, 1.807) is 0 Å². The van der Waals surface area contributed by atoms with Crippen LogP contribution in [0.5, 0.6) is 0 Å². The number of aryl methyl sites for hydroxylation is 1. The van der Waals surface area contributed by atoms with Gasteiger partial charge in [-0.25, -0.2) is 0 Å². The molecule has 4 heteroatoms. The van der Waals surface area contributed by atoms with Crippen molar-refractivity contribution in [3.05, 3.63) is 70.4 Å². The SMILES string of the molecule is Cc1c(CC(=O)NCCc2cccc(Cl)c2)c2ccccc2n1C. The van der Waals surface area contributed by atoms with Gasteiger partial charge in [0.2, 0.25) is 5.91 Å². The van der Waals surface area contributed by atoms with Gasteiger partial charge in [-0.1, -0.05) is 41.9 Å². The van der Waals surface area contributed by atoms with Crippen molar-refractivity contribution < 1.29 is 4.79 Å². The minimum absolute atomic E-state index is 0.0523. The van der Waals surface area contributed by atoms with E-state index in [1.807, 2.05) is 43.4 Å². The van der Waals surface area contributed by atoms with Crippen molar-refractivity contribution in [3.8, 4) is 0 Å². The summed E-state index contributed by atoms with van der Waals surface area (Å²) in [6, 6.07) is 15.9. The Hall–Kier alpha value is -2.26. The lowest BCUT2D eigenvalue weighted by Crippen LogP contribution is -2.27. The van der Waals surface area contributed by atoms with Crippen LogP contribution < -0.4 is 5.32 Å². The summed E-state index contributed by atoms with van der Waals surface area (Å²) in [6.07, 6.45) is 1.18. The Labute approximate surface area is 147 Å². The van der Waals surface area contributed by atoms with E-state index in [0.29, 0.717) is 13.0 Å². The fraction of sp³-hybridized carbons (Fsp3) is 0.250. The summed E-state index contributed by atoms with van der Waals surface area (Å²) < 4.78 is 2.14. The zero-order valence-electron chi connectivity index (χ0n) is 14.0. The summed E-state index contributed by atoms with van der Waals surface area (Å²) >= 11 is 5.98. The van der Waals surface area contributed by atoms with Crippen molar-refractivity contribution in [2.45, 2.75) is 19.8 Å². The largest absolute Gasteiger partial charge is 0.355 e. The van der Waals surface area contributed by atoms with Crippen LogP contribution in [-0.4, -0.2) is 17.0 Å². The average molecular weight is 341 g/mol. The number of carbonyl (C=O) groups excluding carboxylic acids is 1. The maximum absolute atomic E-state index is 12.3. The third-order valence-corrected chi connectivity index (χ3v) is 4.73. The standard InChI is InChI=1S/C20H21ClN2O/c1-14-18(17-8-3-4-9-19(17)23(14)2)13-20(24)22-11-10-15-6-5-7-16(21)12-15/h3-9,12H,10-11,13H2,1-2H3,(H,22,24). The first-order valence-electron chi connectivity index (χ1n) is 8.10. The Bertz CT molecular complexity index is 882. The Morgan fingerprint density at radius 2 is 1.96 bits per heavy atom. The van der Waals surface area contributed by atoms with Gasteiger partial charge < -0.3 is 9.88 Å². The van der Waals surface area contributed by atoms with E-state index in [1.165, 1.54) is 0 Å². The number of para-hydroxylation sites is 1. The van der Waals surface area contributed by atoms with Crippen LogP contribution in [0.1, 0.15) is 16.8 Å². The topological polar surface area (TPSA) is 34.0 Å². The molecule has 0 unspecified atom stereocenters. The number of carbonyl (C=O) groups is 1. The smallest absolute Gasteiger partial charge is 0.224 e. The van der Waals surface area contributed by atoms with E-state index in [0.717, 1.165) is 39.2 Å². The van der Waals surface area contributed by atoms with Crippen molar-refractivity contribution in [2.75, 3.05) is 6.54 Å². The van der Waals surface area contributed by atoms with Crippen molar-refractivity contribution >= 4 is 28.4 Å². The highest BCUT2D eigenvalue weighted by Gasteiger charge is 2.14. The quantitative estimate of drug-likeness (QED) is 0.747. The molecule has 0 aliphatic rings. The number of nitrogens with one attached hydrogen (secondary N) is 1. The summed E-state index contributed by atoms with van der Waals surface area (Å²) in [5.74, 6) is 0.0523. The molecule has 1 N–H and O–H groups in total. The Kier molecular flexibility index (Phi) is 4.91. The van der Waals surface area contributed by atoms with Crippen LogP contribution in [0.4, 0.5) is 0 Å². The number of benzene rings is 2. The second-order valence-electron chi connectivity index (χ2n) is 6.05. The Balaban J connectivity index is 1.64. The van der Waals surface area contributed by atoms with E-state index < -0.39 is 0 Å². The normalized spacial score (nSPS) is 11.0. The van der Waals surface area contributed by atoms with Crippen molar-refractivity contribution in [1.82, 2.24) is 9.88 Å². The summed E-state index contributed by atoms with van der Waals surface area (Å²) in [7, 11) is 2.04. The monoisotopic (exact) mass is 340 g/mol. The summed E-state index contributed by atoms with van der Waals surface area (Å²) in [4.78, 5) is 12.3. The summed E-state index contributed by atoms with van der Waals surface area (Å²) in [5, 5.41) is 4.89. The molecule has 3 nitrogen and oxygen atoms in total. The zero-order valence-corrected chi connectivity index (χ0v) is 14.7. The number of amides is 1. The molecule has 1 heterocycles. The van der Waals surface area contributed by atoms with Crippen LogP contribution in [0.25, 0.3) is 10.9 Å². The predicted molar refractivity (Wildman–Crippen MR) is 99.5 cm³/mol. The van der Waals surface area contributed by atoms with Crippen LogP contribution in [0, 0.1) is 6.92 Å². The number of halogens is 1. The number of hydrogen-bond donors (Lipinski definition) is 1. The minimum Gasteiger partial charge on any atom is -0.355 e. The van der Waals surface area contributed by atoms with Gasteiger partial charge in [-0.3, -0.25) is 4.79 Å². The molecule has 0 aliphatic carbocycles. The second kappa shape index (κ2) is 7.10. The van der Waals surface area contributed by atoms with Crippen LogP contribution in [0.15, 0.2) is 48.5 Å². The first kappa shape index (κ1) is 16.6. The van der Waals surface area contributed by atoms with E-state index in [9.17, 15) is 4.79 Å². The fourth-order valence-corrected chi connectivity index (χ4v) is 3.30. The van der Waals surface area contributed by atoms with Gasteiger partial charge in [0.25, 0.3) is 0 Å². The molecule has 0 atom stereocenters. The highest BCUT2D eigenvalue weighted by Crippen LogP contribution is 2.25. The zero-order chi connectivity index (χ0) is 17.1. The van der Waals surface area contributed by atoms with E-state index in [4.69, 9.17) is 11.6 Å². The second-order valence-corrected chi connectivity index (χ2v) is 6.48. The molecule has 2 aromatic carbocycles. The molecule has 0 spiro atoms. The molecule has 0 saturated heterocycles. The summed E-state index contributed by atoms with van der Waals surface area (Å²) in [5.41, 5.74) is 4.54. The van der Waals surface area contributed by atoms with Gasteiger partial charge >= 0.3 is 0 Å². The van der Waals surface area contributed by atoms with Gasteiger partial charge in [-0.05, 0) is 42.7 Å². The van der Waals surface area contributed by atoms with Gasteiger partial charge in [0, 0.05) is 35.2 Å². The third-order valence-electron chi connectivity index (χ3n) is 4.49. The fourth-order valence-electron chi connectivity index (χ4n) is 3.08. The third kappa shape index (κ3) is 3.46. The van der Waals surface area contributed by atoms with Gasteiger partial charge in [0.05, 0.1) is 6.42 Å². The maximum Gasteiger partial charge on any atom is 0.224 e. The van der Waals surface area contributed by atoms with Gasteiger partial charge in [-0.2, -0.15) is 0 Å². The molecule has 0 bridgehead atoms. The molecule has 0 fully saturated rings. The van der Waals surface area contributed by atoms with Gasteiger partial charge in [0.15, 0.2) is 0 Å². The molecule has 1 aromatic heterocycles. The maximum atomic E-state index is 12.3. The molecular formula is C20H21ClN2O. The molecule has 0 saturated carbocycles. The molecule has 3 aromatic rings. The van der Waals surface area contributed by atoms with Crippen LogP contribution in [-0.2, 0) is 24.7 Å².